The SMILES string of the molecule is CP(C)(C)(Cl)CCC(=O)O. The summed E-state index contributed by atoms with van der Waals surface area (Å²) >= 11 is 6.10. The van der Waals surface area contributed by atoms with E-state index in [1.807, 2.05) is 20.0 Å². The molecule has 0 radical (unpaired) electrons. The van der Waals surface area contributed by atoms with Gasteiger partial charge in [0.05, 0.1) is 0 Å². The van der Waals surface area contributed by atoms with E-state index in [2.05, 4.69) is 0 Å². The van der Waals surface area contributed by atoms with Gasteiger partial charge in [0.2, 0.25) is 0 Å². The predicted octanol–water partition coefficient (Wildman–Crippen LogP) is 2.06. The third kappa shape index (κ3) is 8.19. The molecule has 0 aromatic heterocycles. The van der Waals surface area contributed by atoms with Gasteiger partial charge in [0, 0.05) is 0 Å². The molecule has 0 fully saturated rings. The number of carbonyl (C=O) groups is 1. The van der Waals surface area contributed by atoms with E-state index in [0.717, 1.165) is 0 Å². The van der Waals surface area contributed by atoms with E-state index >= 15 is 0 Å². The molecule has 0 aliphatic rings. The Kier molecular flexibility index (Phi) is 2.72. The second-order valence-electron chi connectivity index (χ2n) is 3.78. The minimum absolute atomic E-state index is 0.185. The standard InChI is InChI=1S/C6H14ClO2P/c1-10(2,3,7)5-4-6(8)9/h4-5H2,1-3H3,(H,8,9). The van der Waals surface area contributed by atoms with E-state index in [4.69, 9.17) is 16.3 Å². The van der Waals surface area contributed by atoms with Gasteiger partial charge in [-0.3, -0.25) is 0 Å². The molecule has 4 heteroatoms. The molecule has 10 heavy (non-hydrogen) atoms. The van der Waals surface area contributed by atoms with Gasteiger partial charge in [0.25, 0.3) is 0 Å². The van der Waals surface area contributed by atoms with Crippen LogP contribution in [0.4, 0.5) is 0 Å². The molecule has 2 nitrogen and oxygen atoms in total. The summed E-state index contributed by atoms with van der Waals surface area (Å²) in [6.45, 7) is 5.86. The van der Waals surface area contributed by atoms with Gasteiger partial charge < -0.3 is 0 Å². The summed E-state index contributed by atoms with van der Waals surface area (Å²) in [5.41, 5.74) is 0. The minimum atomic E-state index is -2.08. The van der Waals surface area contributed by atoms with Gasteiger partial charge in [0.15, 0.2) is 0 Å². The number of hydrogen-bond acceptors (Lipinski definition) is 1. The van der Waals surface area contributed by atoms with Crippen molar-refractivity contribution in [1.82, 2.24) is 0 Å². The average molecular weight is 185 g/mol. The van der Waals surface area contributed by atoms with Crippen molar-refractivity contribution in [2.75, 3.05) is 26.2 Å². The van der Waals surface area contributed by atoms with Crippen LogP contribution in [0.15, 0.2) is 0 Å². The summed E-state index contributed by atoms with van der Waals surface area (Å²) in [6.07, 6.45) is 0.799. The Morgan fingerprint density at radius 1 is 1.50 bits per heavy atom. The molecule has 0 aromatic rings. The molecule has 0 unspecified atom stereocenters. The Morgan fingerprint density at radius 3 is 2.00 bits per heavy atom. The fourth-order valence-electron chi connectivity index (χ4n) is 0.473. The Balaban J connectivity index is 3.81. The third-order valence-corrected chi connectivity index (χ3v) is 3.32. The number of carboxylic acid groups (broad SMARTS) is 1. The fourth-order valence-corrected chi connectivity index (χ4v) is 1.67. The van der Waals surface area contributed by atoms with E-state index in [9.17, 15) is 4.79 Å². The van der Waals surface area contributed by atoms with Crippen LogP contribution in [-0.4, -0.2) is 37.2 Å². The van der Waals surface area contributed by atoms with Gasteiger partial charge in [-0.1, -0.05) is 0 Å². The normalized spacial score (nSPS) is 15.8. The third-order valence-electron chi connectivity index (χ3n) is 1.08. The summed E-state index contributed by atoms with van der Waals surface area (Å²) in [5.74, 6) is -2.84. The summed E-state index contributed by atoms with van der Waals surface area (Å²) in [7, 11) is 0. The number of carboxylic acids is 1. The number of hydrogen-bond donors (Lipinski definition) is 1. The molecular formula is C6H14ClO2P. The van der Waals surface area contributed by atoms with Gasteiger partial charge >= 0.3 is 65.6 Å². The van der Waals surface area contributed by atoms with Crippen molar-refractivity contribution in [2.24, 2.45) is 0 Å². The summed E-state index contributed by atoms with van der Waals surface area (Å²) in [6, 6.07) is 0. The van der Waals surface area contributed by atoms with Crippen molar-refractivity contribution in [1.29, 1.82) is 0 Å². The molecule has 0 amide bonds. The van der Waals surface area contributed by atoms with E-state index in [-0.39, 0.29) is 6.42 Å². The van der Waals surface area contributed by atoms with Crippen LogP contribution in [0.1, 0.15) is 6.42 Å². The molecule has 0 rings (SSSR count). The average Bonchev–Trinajstić information content (AvgIpc) is 1.57. The summed E-state index contributed by atoms with van der Waals surface area (Å²) < 4.78 is 0. The van der Waals surface area contributed by atoms with Gasteiger partial charge in [-0.25, -0.2) is 0 Å². The molecule has 1 N–H and O–H groups in total. The molecule has 0 aliphatic heterocycles. The first-order chi connectivity index (χ1) is 4.17. The fraction of sp³-hybridized carbons (Fsp3) is 0.833. The Morgan fingerprint density at radius 2 is 1.90 bits per heavy atom. The quantitative estimate of drug-likeness (QED) is 0.682. The van der Waals surface area contributed by atoms with Crippen LogP contribution in [0, 0.1) is 0 Å². The van der Waals surface area contributed by atoms with E-state index in [1.54, 1.807) is 0 Å². The zero-order chi connectivity index (χ0) is 8.44. The number of halogens is 1. The number of aliphatic carboxylic acids is 1. The molecule has 62 valence electrons. The van der Waals surface area contributed by atoms with Crippen molar-refractivity contribution in [2.45, 2.75) is 6.42 Å². The first-order valence-corrected chi connectivity index (χ1v) is 7.78. The summed E-state index contributed by atoms with van der Waals surface area (Å²) in [4.78, 5) is 10.2. The molecule has 0 saturated carbocycles. The topological polar surface area (TPSA) is 37.3 Å². The van der Waals surface area contributed by atoms with Crippen LogP contribution in [-0.2, 0) is 4.79 Å². The van der Waals surface area contributed by atoms with Crippen LogP contribution >= 0.6 is 17.2 Å². The van der Waals surface area contributed by atoms with Gasteiger partial charge in [-0.05, 0) is 0 Å². The Bertz CT molecular complexity index is 138. The van der Waals surface area contributed by atoms with Crippen molar-refractivity contribution in [3.8, 4) is 0 Å². The van der Waals surface area contributed by atoms with Crippen molar-refractivity contribution < 1.29 is 9.90 Å². The van der Waals surface area contributed by atoms with E-state index in [0.29, 0.717) is 6.16 Å². The Hall–Kier alpha value is 0.190. The number of rotatable bonds is 3. The molecular weight excluding hydrogens is 170 g/mol. The molecule has 0 atom stereocenters. The first kappa shape index (κ1) is 10.2. The van der Waals surface area contributed by atoms with Gasteiger partial charge in [0.1, 0.15) is 0 Å². The van der Waals surface area contributed by atoms with Crippen molar-refractivity contribution in [3.63, 3.8) is 0 Å². The monoisotopic (exact) mass is 184 g/mol. The molecule has 0 aromatic carbocycles. The zero-order valence-corrected chi connectivity index (χ0v) is 8.25. The Labute approximate surface area is 66.3 Å². The molecule has 0 spiro atoms. The van der Waals surface area contributed by atoms with Crippen molar-refractivity contribution >= 4 is 23.2 Å². The van der Waals surface area contributed by atoms with E-state index in [1.165, 1.54) is 0 Å². The maximum absolute atomic E-state index is 10.2. The maximum atomic E-state index is 10.2. The summed E-state index contributed by atoms with van der Waals surface area (Å²) in [5, 5.41) is 8.35. The van der Waals surface area contributed by atoms with E-state index < -0.39 is 11.9 Å². The van der Waals surface area contributed by atoms with Crippen molar-refractivity contribution in [3.05, 3.63) is 0 Å². The van der Waals surface area contributed by atoms with Crippen LogP contribution < -0.4 is 0 Å². The second kappa shape index (κ2) is 2.67. The molecule has 0 heterocycles. The molecule has 0 saturated heterocycles. The van der Waals surface area contributed by atoms with Crippen LogP contribution in [0.3, 0.4) is 0 Å². The van der Waals surface area contributed by atoms with Crippen LogP contribution in [0.5, 0.6) is 0 Å². The van der Waals surface area contributed by atoms with Gasteiger partial charge in [-0.15, -0.1) is 0 Å². The zero-order valence-electron chi connectivity index (χ0n) is 6.59. The predicted molar refractivity (Wildman–Crippen MR) is 47.7 cm³/mol. The molecule has 0 aliphatic carbocycles. The molecule has 0 bridgehead atoms. The first-order valence-electron chi connectivity index (χ1n) is 3.11. The van der Waals surface area contributed by atoms with Gasteiger partial charge in [-0.2, -0.15) is 0 Å². The van der Waals surface area contributed by atoms with Crippen LogP contribution in [0.25, 0.3) is 0 Å². The van der Waals surface area contributed by atoms with Crippen LogP contribution in [0.2, 0.25) is 0 Å². The second-order valence-corrected chi connectivity index (χ2v) is 13.8.